The third-order valence-electron chi connectivity index (χ3n) is 3.78. The fraction of sp³-hybridized carbons (Fsp3) is 0.353. The van der Waals surface area contributed by atoms with Crippen LogP contribution in [0.3, 0.4) is 0 Å². The molecular weight excluding hydrogens is 262 g/mol. The van der Waals surface area contributed by atoms with Crippen LogP contribution in [0.5, 0.6) is 0 Å². The van der Waals surface area contributed by atoms with Crippen molar-refractivity contribution in [3.63, 3.8) is 0 Å². The van der Waals surface area contributed by atoms with E-state index in [2.05, 4.69) is 24.5 Å². The molecule has 4 heteroatoms. The monoisotopic (exact) mass is 283 g/mol. The molecule has 0 fully saturated rings. The molecule has 2 heterocycles. The van der Waals surface area contributed by atoms with Crippen LogP contribution >= 0.6 is 0 Å². The van der Waals surface area contributed by atoms with Crippen LogP contribution in [0.25, 0.3) is 11.0 Å². The van der Waals surface area contributed by atoms with Gasteiger partial charge in [0.25, 0.3) is 0 Å². The normalized spacial score (nSPS) is 12.9. The fourth-order valence-electron chi connectivity index (χ4n) is 2.87. The molecular formula is C17H21N3O. The number of nitrogens with two attached hydrogens (primary N) is 1. The third-order valence-corrected chi connectivity index (χ3v) is 3.78. The van der Waals surface area contributed by atoms with Gasteiger partial charge in [-0.05, 0) is 43.7 Å². The zero-order valence-corrected chi connectivity index (χ0v) is 12.5. The van der Waals surface area contributed by atoms with Gasteiger partial charge < -0.3 is 14.7 Å². The molecule has 0 radical (unpaired) electrons. The van der Waals surface area contributed by atoms with Gasteiger partial charge in [-0.3, -0.25) is 0 Å². The van der Waals surface area contributed by atoms with Crippen LogP contribution in [0.2, 0.25) is 0 Å². The molecule has 0 bridgehead atoms. The van der Waals surface area contributed by atoms with E-state index in [-0.39, 0.29) is 0 Å². The van der Waals surface area contributed by atoms with Gasteiger partial charge in [-0.25, -0.2) is 4.98 Å². The van der Waals surface area contributed by atoms with E-state index < -0.39 is 0 Å². The number of imidazole rings is 1. The molecule has 1 unspecified atom stereocenters. The van der Waals surface area contributed by atoms with Crippen molar-refractivity contribution in [2.45, 2.75) is 39.2 Å². The van der Waals surface area contributed by atoms with Gasteiger partial charge in [0.2, 0.25) is 0 Å². The fourth-order valence-corrected chi connectivity index (χ4v) is 2.87. The quantitative estimate of drug-likeness (QED) is 0.721. The topological polar surface area (TPSA) is 57.0 Å². The van der Waals surface area contributed by atoms with Crippen molar-refractivity contribution < 1.29 is 4.42 Å². The van der Waals surface area contributed by atoms with Crippen LogP contribution in [0.15, 0.2) is 41.0 Å². The Bertz CT molecular complexity index is 728. The first-order valence-corrected chi connectivity index (χ1v) is 7.47. The predicted octanol–water partition coefficient (Wildman–Crippen LogP) is 3.97. The highest BCUT2D eigenvalue weighted by molar-refractivity contribution is 5.79. The number of nitrogens with zero attached hydrogens (tertiary/aromatic N) is 2. The highest BCUT2D eigenvalue weighted by Crippen LogP contribution is 2.26. The lowest BCUT2D eigenvalue weighted by Crippen LogP contribution is -2.11. The molecule has 21 heavy (non-hydrogen) atoms. The minimum Gasteiger partial charge on any atom is -0.469 e. The standard InChI is InChI=1S/C17H21N3O/c1-3-5-17-19-15-11-13(18)7-8-16(15)20(17)12(2)10-14-6-4-9-21-14/h4,6-9,11-12H,3,5,10,18H2,1-2H3. The second-order valence-electron chi connectivity index (χ2n) is 5.53. The molecule has 3 aromatic rings. The molecule has 3 rings (SSSR count). The first-order valence-electron chi connectivity index (χ1n) is 7.47. The Labute approximate surface area is 124 Å². The van der Waals surface area contributed by atoms with Gasteiger partial charge in [-0.15, -0.1) is 0 Å². The molecule has 110 valence electrons. The lowest BCUT2D eigenvalue weighted by Gasteiger charge is -2.16. The van der Waals surface area contributed by atoms with Gasteiger partial charge in [0, 0.05) is 24.6 Å². The maximum atomic E-state index is 5.88. The van der Waals surface area contributed by atoms with E-state index in [4.69, 9.17) is 15.1 Å². The predicted molar refractivity (Wildman–Crippen MR) is 85.3 cm³/mol. The number of aromatic nitrogens is 2. The molecule has 0 aliphatic rings. The van der Waals surface area contributed by atoms with Gasteiger partial charge in [0.1, 0.15) is 11.6 Å². The zero-order chi connectivity index (χ0) is 14.8. The van der Waals surface area contributed by atoms with Crippen LogP contribution in [0, 0.1) is 0 Å². The SMILES string of the molecule is CCCc1nc2cc(N)ccc2n1C(C)Cc1ccco1. The molecule has 0 amide bonds. The number of anilines is 1. The van der Waals surface area contributed by atoms with E-state index in [1.807, 2.05) is 24.3 Å². The molecule has 0 aliphatic carbocycles. The third kappa shape index (κ3) is 2.66. The van der Waals surface area contributed by atoms with Crippen LogP contribution in [0.4, 0.5) is 5.69 Å². The van der Waals surface area contributed by atoms with Crippen molar-refractivity contribution in [1.29, 1.82) is 0 Å². The average molecular weight is 283 g/mol. The number of hydrogen-bond acceptors (Lipinski definition) is 3. The van der Waals surface area contributed by atoms with Gasteiger partial charge >= 0.3 is 0 Å². The lowest BCUT2D eigenvalue weighted by atomic mass is 10.1. The first kappa shape index (κ1) is 13.7. The highest BCUT2D eigenvalue weighted by atomic mass is 16.3. The van der Waals surface area contributed by atoms with Crippen LogP contribution in [0.1, 0.15) is 37.9 Å². The van der Waals surface area contributed by atoms with Crippen LogP contribution in [-0.2, 0) is 12.8 Å². The Kier molecular flexibility index (Phi) is 3.69. The molecule has 0 aliphatic heterocycles. The smallest absolute Gasteiger partial charge is 0.110 e. The molecule has 0 saturated carbocycles. The summed E-state index contributed by atoms with van der Waals surface area (Å²) in [6.07, 6.45) is 4.63. The minimum atomic E-state index is 0.298. The minimum absolute atomic E-state index is 0.298. The van der Waals surface area contributed by atoms with E-state index in [1.54, 1.807) is 6.26 Å². The second kappa shape index (κ2) is 5.64. The molecule has 4 nitrogen and oxygen atoms in total. The maximum absolute atomic E-state index is 5.88. The van der Waals surface area contributed by atoms with Crippen molar-refractivity contribution >= 4 is 16.7 Å². The van der Waals surface area contributed by atoms with Crippen molar-refractivity contribution in [3.05, 3.63) is 48.2 Å². The van der Waals surface area contributed by atoms with Crippen molar-refractivity contribution in [1.82, 2.24) is 9.55 Å². The largest absolute Gasteiger partial charge is 0.469 e. The lowest BCUT2D eigenvalue weighted by molar-refractivity contribution is 0.446. The summed E-state index contributed by atoms with van der Waals surface area (Å²) in [6.45, 7) is 4.38. The summed E-state index contributed by atoms with van der Waals surface area (Å²) in [4.78, 5) is 4.77. The number of fused-ring (bicyclic) bond motifs is 1. The van der Waals surface area contributed by atoms with Crippen molar-refractivity contribution in [2.24, 2.45) is 0 Å². The molecule has 0 saturated heterocycles. The number of aryl methyl sites for hydroxylation is 1. The molecule has 2 aromatic heterocycles. The van der Waals surface area contributed by atoms with E-state index >= 15 is 0 Å². The van der Waals surface area contributed by atoms with Crippen LogP contribution < -0.4 is 5.73 Å². The van der Waals surface area contributed by atoms with Crippen LogP contribution in [-0.4, -0.2) is 9.55 Å². The Balaban J connectivity index is 2.03. The Morgan fingerprint density at radius 2 is 2.19 bits per heavy atom. The summed E-state index contributed by atoms with van der Waals surface area (Å²) >= 11 is 0. The van der Waals surface area contributed by atoms with E-state index in [0.29, 0.717) is 6.04 Å². The summed E-state index contributed by atoms with van der Waals surface area (Å²) in [5.41, 5.74) is 8.76. The van der Waals surface area contributed by atoms with E-state index in [0.717, 1.165) is 47.6 Å². The number of nitrogen functional groups attached to an aromatic ring is 1. The van der Waals surface area contributed by atoms with E-state index in [9.17, 15) is 0 Å². The number of benzene rings is 1. The summed E-state index contributed by atoms with van der Waals surface area (Å²) in [6, 6.07) is 10.2. The van der Waals surface area contributed by atoms with Crippen molar-refractivity contribution in [2.75, 3.05) is 5.73 Å². The highest BCUT2D eigenvalue weighted by Gasteiger charge is 2.16. The zero-order valence-electron chi connectivity index (χ0n) is 12.5. The molecule has 1 aromatic carbocycles. The molecule has 2 N–H and O–H groups in total. The summed E-state index contributed by atoms with van der Waals surface area (Å²) < 4.78 is 7.80. The van der Waals surface area contributed by atoms with E-state index in [1.165, 1.54) is 0 Å². The Morgan fingerprint density at radius 1 is 1.33 bits per heavy atom. The molecule has 0 spiro atoms. The number of rotatable bonds is 5. The van der Waals surface area contributed by atoms with Gasteiger partial charge in [0.15, 0.2) is 0 Å². The Hall–Kier alpha value is -2.23. The Morgan fingerprint density at radius 3 is 2.90 bits per heavy atom. The van der Waals surface area contributed by atoms with Gasteiger partial charge in [0.05, 0.1) is 17.3 Å². The second-order valence-corrected chi connectivity index (χ2v) is 5.53. The number of furan rings is 1. The summed E-state index contributed by atoms with van der Waals surface area (Å²) in [5, 5.41) is 0. The molecule has 1 atom stereocenters. The summed E-state index contributed by atoms with van der Waals surface area (Å²) in [5.74, 6) is 2.12. The average Bonchev–Trinajstić information content (AvgIpc) is 3.05. The first-order chi connectivity index (χ1) is 10.2. The van der Waals surface area contributed by atoms with Gasteiger partial charge in [-0.2, -0.15) is 0 Å². The maximum Gasteiger partial charge on any atom is 0.110 e. The summed E-state index contributed by atoms with van der Waals surface area (Å²) in [7, 11) is 0. The van der Waals surface area contributed by atoms with Gasteiger partial charge in [-0.1, -0.05) is 6.92 Å². The van der Waals surface area contributed by atoms with Crippen molar-refractivity contribution in [3.8, 4) is 0 Å². The number of hydrogen-bond donors (Lipinski definition) is 1.